The van der Waals surface area contributed by atoms with Crippen molar-refractivity contribution in [2.45, 2.75) is 0 Å². The molecule has 0 bridgehead atoms. The van der Waals surface area contributed by atoms with Crippen LogP contribution in [0.2, 0.25) is 0 Å². The number of aromatic nitrogens is 2. The third kappa shape index (κ3) is 2.20. The van der Waals surface area contributed by atoms with Crippen LogP contribution in [0.4, 0.5) is 5.69 Å². The van der Waals surface area contributed by atoms with Gasteiger partial charge in [-0.1, -0.05) is 12.1 Å². The zero-order valence-electron chi connectivity index (χ0n) is 11.8. The molecule has 1 heterocycles. The van der Waals surface area contributed by atoms with Gasteiger partial charge in [-0.05, 0) is 24.3 Å². The fourth-order valence-corrected chi connectivity index (χ4v) is 2.18. The number of hydrogen-bond donors (Lipinski definition) is 1. The van der Waals surface area contributed by atoms with Crippen molar-refractivity contribution in [3.05, 3.63) is 42.5 Å². The molecule has 4 nitrogen and oxygen atoms in total. The van der Waals surface area contributed by atoms with Crippen LogP contribution in [-0.4, -0.2) is 31.2 Å². The van der Waals surface area contributed by atoms with Gasteiger partial charge in [0, 0.05) is 31.4 Å². The minimum absolute atomic E-state index is 0.828. The molecular weight excluding hydrogens is 250 g/mol. The Kier molecular flexibility index (Phi) is 3.06. The first kappa shape index (κ1) is 12.5. The van der Waals surface area contributed by atoms with Crippen LogP contribution in [0.5, 0.6) is 5.75 Å². The molecule has 20 heavy (non-hydrogen) atoms. The van der Waals surface area contributed by atoms with Crippen LogP contribution in [0, 0.1) is 0 Å². The molecule has 0 aliphatic carbocycles. The van der Waals surface area contributed by atoms with Crippen LogP contribution in [0.1, 0.15) is 0 Å². The number of ether oxygens (including phenoxy) is 1. The average molecular weight is 267 g/mol. The lowest BCUT2D eigenvalue weighted by molar-refractivity contribution is 0.415. The Labute approximate surface area is 118 Å². The molecule has 0 aliphatic rings. The molecule has 2 aromatic carbocycles. The van der Waals surface area contributed by atoms with E-state index in [0.29, 0.717) is 0 Å². The van der Waals surface area contributed by atoms with E-state index in [1.807, 2.05) is 38.4 Å². The number of anilines is 1. The average Bonchev–Trinajstić information content (AvgIpc) is 2.90. The van der Waals surface area contributed by atoms with Crippen molar-refractivity contribution >= 4 is 16.7 Å². The number of nitrogens with zero attached hydrogens (tertiary/aromatic N) is 2. The Bertz CT molecular complexity index is 746. The number of H-pyrrole nitrogens is 1. The largest absolute Gasteiger partial charge is 0.497 e. The molecule has 0 amide bonds. The van der Waals surface area contributed by atoms with Gasteiger partial charge >= 0.3 is 0 Å². The normalized spacial score (nSPS) is 10.8. The monoisotopic (exact) mass is 267 g/mol. The second-order valence-electron chi connectivity index (χ2n) is 4.91. The minimum Gasteiger partial charge on any atom is -0.497 e. The summed E-state index contributed by atoms with van der Waals surface area (Å²) in [5.74, 6) is 1.70. The number of benzene rings is 2. The van der Waals surface area contributed by atoms with Gasteiger partial charge in [0.05, 0.1) is 18.1 Å². The van der Waals surface area contributed by atoms with Crippen LogP contribution in [0.3, 0.4) is 0 Å². The molecule has 3 aromatic rings. The van der Waals surface area contributed by atoms with Crippen molar-refractivity contribution in [1.82, 2.24) is 9.97 Å². The van der Waals surface area contributed by atoms with E-state index in [1.54, 1.807) is 7.11 Å². The Hall–Kier alpha value is -2.49. The standard InChI is InChI=1S/C16H17N3O/c1-19(2)12-6-4-5-11(9-12)16-17-14-8-7-13(20-3)10-15(14)18-16/h4-10H,1-3H3,(H,17,18). The topological polar surface area (TPSA) is 41.1 Å². The summed E-state index contributed by atoms with van der Waals surface area (Å²) in [6.45, 7) is 0. The van der Waals surface area contributed by atoms with Crippen LogP contribution in [-0.2, 0) is 0 Å². The summed E-state index contributed by atoms with van der Waals surface area (Å²) in [7, 11) is 5.73. The molecule has 0 unspecified atom stereocenters. The van der Waals surface area contributed by atoms with E-state index in [9.17, 15) is 0 Å². The molecule has 4 heteroatoms. The molecule has 0 saturated carbocycles. The van der Waals surface area contributed by atoms with Gasteiger partial charge in [-0.2, -0.15) is 0 Å². The molecule has 1 N–H and O–H groups in total. The zero-order valence-corrected chi connectivity index (χ0v) is 11.8. The molecule has 0 fully saturated rings. The van der Waals surface area contributed by atoms with Crippen LogP contribution < -0.4 is 9.64 Å². The number of imidazole rings is 1. The summed E-state index contributed by atoms with van der Waals surface area (Å²) in [6, 6.07) is 14.1. The van der Waals surface area contributed by atoms with Crippen LogP contribution in [0.25, 0.3) is 22.4 Å². The summed E-state index contributed by atoms with van der Waals surface area (Å²) >= 11 is 0. The molecule has 0 spiro atoms. The number of fused-ring (bicyclic) bond motifs is 1. The highest BCUT2D eigenvalue weighted by atomic mass is 16.5. The van der Waals surface area contributed by atoms with E-state index < -0.39 is 0 Å². The molecule has 0 saturated heterocycles. The fraction of sp³-hybridized carbons (Fsp3) is 0.188. The summed E-state index contributed by atoms with van der Waals surface area (Å²) in [4.78, 5) is 10.1. The first-order valence-corrected chi connectivity index (χ1v) is 6.49. The summed E-state index contributed by atoms with van der Waals surface area (Å²) in [5, 5.41) is 0. The third-order valence-electron chi connectivity index (χ3n) is 3.33. The summed E-state index contributed by atoms with van der Waals surface area (Å²) in [5.41, 5.74) is 4.15. The van der Waals surface area contributed by atoms with Gasteiger partial charge in [-0.3, -0.25) is 0 Å². The highest BCUT2D eigenvalue weighted by Crippen LogP contribution is 2.25. The van der Waals surface area contributed by atoms with Crippen molar-refractivity contribution < 1.29 is 4.74 Å². The summed E-state index contributed by atoms with van der Waals surface area (Å²) in [6.07, 6.45) is 0. The maximum atomic E-state index is 5.23. The minimum atomic E-state index is 0.828. The van der Waals surface area contributed by atoms with Gasteiger partial charge in [0.15, 0.2) is 0 Å². The van der Waals surface area contributed by atoms with E-state index in [1.165, 1.54) is 0 Å². The quantitative estimate of drug-likeness (QED) is 0.791. The molecule has 1 aromatic heterocycles. The lowest BCUT2D eigenvalue weighted by atomic mass is 10.2. The smallest absolute Gasteiger partial charge is 0.138 e. The SMILES string of the molecule is COc1ccc2nc(-c3cccc(N(C)C)c3)[nH]c2c1. The molecule has 102 valence electrons. The number of nitrogens with one attached hydrogen (secondary N) is 1. The van der Waals surface area contributed by atoms with Gasteiger partial charge in [0.2, 0.25) is 0 Å². The maximum absolute atomic E-state index is 5.23. The highest BCUT2D eigenvalue weighted by molar-refractivity contribution is 5.81. The maximum Gasteiger partial charge on any atom is 0.138 e. The van der Waals surface area contributed by atoms with Gasteiger partial charge in [0.25, 0.3) is 0 Å². The second-order valence-corrected chi connectivity index (χ2v) is 4.91. The predicted octanol–water partition coefficient (Wildman–Crippen LogP) is 3.30. The molecule has 3 rings (SSSR count). The van der Waals surface area contributed by atoms with E-state index >= 15 is 0 Å². The number of hydrogen-bond acceptors (Lipinski definition) is 3. The van der Waals surface area contributed by atoms with Crippen molar-refractivity contribution in [1.29, 1.82) is 0 Å². The number of aromatic amines is 1. The van der Waals surface area contributed by atoms with Crippen LogP contribution in [0.15, 0.2) is 42.5 Å². The first-order valence-electron chi connectivity index (χ1n) is 6.49. The van der Waals surface area contributed by atoms with Gasteiger partial charge in [0.1, 0.15) is 11.6 Å². The van der Waals surface area contributed by atoms with Gasteiger partial charge < -0.3 is 14.6 Å². The Morgan fingerprint density at radius 3 is 2.70 bits per heavy atom. The van der Waals surface area contributed by atoms with E-state index in [0.717, 1.165) is 33.9 Å². The Morgan fingerprint density at radius 1 is 1.10 bits per heavy atom. The van der Waals surface area contributed by atoms with Gasteiger partial charge in [-0.15, -0.1) is 0 Å². The van der Waals surface area contributed by atoms with Crippen molar-refractivity contribution in [2.24, 2.45) is 0 Å². The third-order valence-corrected chi connectivity index (χ3v) is 3.33. The van der Waals surface area contributed by atoms with E-state index in [-0.39, 0.29) is 0 Å². The first-order chi connectivity index (χ1) is 9.67. The zero-order chi connectivity index (χ0) is 14.1. The molecule has 0 aliphatic heterocycles. The van der Waals surface area contributed by atoms with Crippen LogP contribution >= 0.6 is 0 Å². The fourth-order valence-electron chi connectivity index (χ4n) is 2.18. The van der Waals surface area contributed by atoms with E-state index in [2.05, 4.69) is 33.1 Å². The van der Waals surface area contributed by atoms with Crippen molar-refractivity contribution in [3.63, 3.8) is 0 Å². The van der Waals surface area contributed by atoms with Crippen molar-refractivity contribution in [2.75, 3.05) is 26.1 Å². The molecular formula is C16H17N3O. The molecule has 0 atom stereocenters. The van der Waals surface area contributed by atoms with E-state index in [4.69, 9.17) is 4.74 Å². The predicted molar refractivity (Wildman–Crippen MR) is 82.4 cm³/mol. The second kappa shape index (κ2) is 4.89. The van der Waals surface area contributed by atoms with Gasteiger partial charge in [-0.25, -0.2) is 4.98 Å². The lowest BCUT2D eigenvalue weighted by Gasteiger charge is -2.12. The lowest BCUT2D eigenvalue weighted by Crippen LogP contribution is -2.08. The molecule has 0 radical (unpaired) electrons. The van der Waals surface area contributed by atoms with Crippen molar-refractivity contribution in [3.8, 4) is 17.1 Å². The number of methoxy groups -OCH3 is 1. The highest BCUT2D eigenvalue weighted by Gasteiger charge is 2.07. The summed E-state index contributed by atoms with van der Waals surface area (Å²) < 4.78 is 5.23. The number of rotatable bonds is 3. The Balaban J connectivity index is 2.07. The Morgan fingerprint density at radius 2 is 1.95 bits per heavy atom.